The lowest BCUT2D eigenvalue weighted by molar-refractivity contribution is 0.444. The van der Waals surface area contributed by atoms with Crippen LogP contribution in [0.5, 0.6) is 0 Å². The van der Waals surface area contributed by atoms with E-state index < -0.39 is 10.0 Å². The molecule has 1 aromatic carbocycles. The highest BCUT2D eigenvalue weighted by molar-refractivity contribution is 7.89. The Morgan fingerprint density at radius 2 is 1.90 bits per heavy atom. The van der Waals surface area contributed by atoms with Crippen LogP contribution in [0.1, 0.15) is 18.9 Å². The standard InChI is InChI=1S/C13H16Cl3NO2S/c1-8-3-10(8)7-17(2)20(18,19)13-4-9(6-14)11(15)5-12(13)16/h4-5,8,10H,3,6-7H2,1-2H3. The van der Waals surface area contributed by atoms with Crippen molar-refractivity contribution >= 4 is 44.8 Å². The molecule has 0 aliphatic heterocycles. The molecule has 0 saturated heterocycles. The Morgan fingerprint density at radius 3 is 2.40 bits per heavy atom. The third-order valence-corrected chi connectivity index (χ3v) is 6.63. The predicted molar refractivity (Wildman–Crippen MR) is 83.1 cm³/mol. The lowest BCUT2D eigenvalue weighted by atomic mass is 10.2. The molecule has 0 amide bonds. The lowest BCUT2D eigenvalue weighted by Gasteiger charge is -2.18. The topological polar surface area (TPSA) is 37.4 Å². The van der Waals surface area contributed by atoms with Crippen molar-refractivity contribution in [3.8, 4) is 0 Å². The zero-order valence-electron chi connectivity index (χ0n) is 11.2. The predicted octanol–water partition coefficient (Wildman–Crippen LogP) is 4.01. The monoisotopic (exact) mass is 355 g/mol. The summed E-state index contributed by atoms with van der Waals surface area (Å²) in [5, 5.41) is 0.502. The molecule has 0 spiro atoms. The number of nitrogens with zero attached hydrogens (tertiary/aromatic N) is 1. The van der Waals surface area contributed by atoms with Crippen molar-refractivity contribution < 1.29 is 8.42 Å². The van der Waals surface area contributed by atoms with Crippen LogP contribution in [-0.4, -0.2) is 26.3 Å². The van der Waals surface area contributed by atoms with Crippen molar-refractivity contribution in [1.82, 2.24) is 4.31 Å². The van der Waals surface area contributed by atoms with E-state index in [0.29, 0.717) is 29.0 Å². The van der Waals surface area contributed by atoms with E-state index in [4.69, 9.17) is 34.8 Å². The zero-order valence-corrected chi connectivity index (χ0v) is 14.3. The van der Waals surface area contributed by atoms with E-state index in [1.807, 2.05) is 0 Å². The molecule has 2 rings (SSSR count). The van der Waals surface area contributed by atoms with Gasteiger partial charge in [0.15, 0.2) is 0 Å². The summed E-state index contributed by atoms with van der Waals surface area (Å²) in [6.45, 7) is 2.63. The van der Waals surface area contributed by atoms with Crippen molar-refractivity contribution in [3.63, 3.8) is 0 Å². The van der Waals surface area contributed by atoms with Gasteiger partial charge in [-0.15, -0.1) is 11.6 Å². The van der Waals surface area contributed by atoms with Gasteiger partial charge < -0.3 is 0 Å². The smallest absolute Gasteiger partial charge is 0.207 e. The molecule has 1 saturated carbocycles. The molecule has 1 aromatic rings. The van der Waals surface area contributed by atoms with Gasteiger partial charge in [0.25, 0.3) is 0 Å². The molecular weight excluding hydrogens is 341 g/mol. The molecule has 1 fully saturated rings. The van der Waals surface area contributed by atoms with Gasteiger partial charge in [-0.3, -0.25) is 0 Å². The van der Waals surface area contributed by atoms with Gasteiger partial charge in [-0.2, -0.15) is 0 Å². The van der Waals surface area contributed by atoms with Crippen LogP contribution in [0.15, 0.2) is 17.0 Å². The van der Waals surface area contributed by atoms with Gasteiger partial charge in [0.2, 0.25) is 10.0 Å². The second kappa shape index (κ2) is 6.01. The number of alkyl halides is 1. The van der Waals surface area contributed by atoms with Crippen molar-refractivity contribution in [2.24, 2.45) is 11.8 Å². The van der Waals surface area contributed by atoms with E-state index in [-0.39, 0.29) is 15.8 Å². The molecule has 0 bridgehead atoms. The van der Waals surface area contributed by atoms with Crippen molar-refractivity contribution in [2.45, 2.75) is 24.1 Å². The number of halogens is 3. The van der Waals surface area contributed by atoms with Gasteiger partial charge in [-0.05, 0) is 36.0 Å². The highest BCUT2D eigenvalue weighted by atomic mass is 35.5. The summed E-state index contributed by atoms with van der Waals surface area (Å²) in [5.74, 6) is 1.17. The average molecular weight is 357 g/mol. The highest BCUT2D eigenvalue weighted by Crippen LogP contribution is 2.39. The Balaban J connectivity index is 2.33. The Labute approximate surface area is 134 Å². The van der Waals surface area contributed by atoms with Crippen molar-refractivity contribution in [1.29, 1.82) is 0 Å². The summed E-state index contributed by atoms with van der Waals surface area (Å²) in [6.07, 6.45) is 1.07. The molecule has 2 atom stereocenters. The molecule has 2 unspecified atom stereocenters. The van der Waals surface area contributed by atoms with Crippen LogP contribution >= 0.6 is 34.8 Å². The van der Waals surface area contributed by atoms with Gasteiger partial charge in [-0.1, -0.05) is 30.1 Å². The second-order valence-corrected chi connectivity index (χ2v) is 8.36. The van der Waals surface area contributed by atoms with Gasteiger partial charge in [-0.25, -0.2) is 12.7 Å². The first-order valence-electron chi connectivity index (χ1n) is 6.27. The van der Waals surface area contributed by atoms with E-state index in [1.165, 1.54) is 16.4 Å². The van der Waals surface area contributed by atoms with Crippen molar-refractivity contribution in [2.75, 3.05) is 13.6 Å². The first-order chi connectivity index (χ1) is 9.27. The Hall–Kier alpha value is -0.000000000000000111. The summed E-state index contributed by atoms with van der Waals surface area (Å²) in [7, 11) is -2.04. The van der Waals surface area contributed by atoms with Gasteiger partial charge in [0.1, 0.15) is 4.90 Å². The maximum absolute atomic E-state index is 12.6. The Bertz CT molecular complexity index is 618. The van der Waals surface area contributed by atoms with Crippen molar-refractivity contribution in [3.05, 3.63) is 27.7 Å². The molecular formula is C13H16Cl3NO2S. The van der Waals surface area contributed by atoms with Crippen LogP contribution in [0, 0.1) is 11.8 Å². The SMILES string of the molecule is CC1CC1CN(C)S(=O)(=O)c1cc(CCl)c(Cl)cc1Cl. The summed E-state index contributed by atoms with van der Waals surface area (Å²) in [6, 6.07) is 2.89. The molecule has 0 aromatic heterocycles. The molecule has 0 heterocycles. The first-order valence-corrected chi connectivity index (χ1v) is 9.00. The number of sulfonamides is 1. The van der Waals surface area contributed by atoms with E-state index in [2.05, 4.69) is 6.92 Å². The first kappa shape index (κ1) is 16.4. The van der Waals surface area contributed by atoms with E-state index in [9.17, 15) is 8.42 Å². The molecule has 1 aliphatic rings. The molecule has 112 valence electrons. The van der Waals surface area contributed by atoms with Gasteiger partial charge >= 0.3 is 0 Å². The minimum atomic E-state index is -3.61. The highest BCUT2D eigenvalue weighted by Gasteiger charge is 2.36. The molecule has 20 heavy (non-hydrogen) atoms. The van der Waals surface area contributed by atoms with E-state index in [0.717, 1.165) is 6.42 Å². The van der Waals surface area contributed by atoms with Crippen LogP contribution in [-0.2, 0) is 15.9 Å². The fraction of sp³-hybridized carbons (Fsp3) is 0.538. The Kier molecular flexibility index (Phi) is 4.92. The molecule has 1 aliphatic carbocycles. The fourth-order valence-corrected chi connectivity index (χ4v) is 4.47. The molecule has 0 N–H and O–H groups in total. The largest absolute Gasteiger partial charge is 0.244 e. The third kappa shape index (κ3) is 3.25. The minimum absolute atomic E-state index is 0.0648. The normalized spacial score (nSPS) is 22.3. The summed E-state index contributed by atoms with van der Waals surface area (Å²) in [4.78, 5) is 0.0648. The zero-order chi connectivity index (χ0) is 15.1. The average Bonchev–Trinajstić information content (AvgIpc) is 3.04. The number of hydrogen-bond donors (Lipinski definition) is 0. The fourth-order valence-electron chi connectivity index (χ4n) is 2.12. The minimum Gasteiger partial charge on any atom is -0.207 e. The maximum Gasteiger partial charge on any atom is 0.244 e. The number of rotatable bonds is 5. The quantitative estimate of drug-likeness (QED) is 0.748. The second-order valence-electron chi connectivity index (χ2n) is 5.27. The van der Waals surface area contributed by atoms with Crippen LogP contribution in [0.2, 0.25) is 10.0 Å². The summed E-state index contributed by atoms with van der Waals surface area (Å²) in [5.41, 5.74) is 0.560. The molecule has 7 heteroatoms. The Morgan fingerprint density at radius 1 is 1.30 bits per heavy atom. The third-order valence-electron chi connectivity index (χ3n) is 3.70. The number of hydrogen-bond acceptors (Lipinski definition) is 2. The van der Waals surface area contributed by atoms with Crippen LogP contribution < -0.4 is 0 Å². The maximum atomic E-state index is 12.6. The van der Waals surface area contributed by atoms with Crippen LogP contribution in [0.3, 0.4) is 0 Å². The molecule has 0 radical (unpaired) electrons. The van der Waals surface area contributed by atoms with E-state index >= 15 is 0 Å². The van der Waals surface area contributed by atoms with Crippen LogP contribution in [0.25, 0.3) is 0 Å². The lowest BCUT2D eigenvalue weighted by Crippen LogP contribution is -2.29. The van der Waals surface area contributed by atoms with Gasteiger partial charge in [0.05, 0.1) is 5.02 Å². The summed E-state index contributed by atoms with van der Waals surface area (Å²) < 4.78 is 26.5. The van der Waals surface area contributed by atoms with Crippen LogP contribution in [0.4, 0.5) is 0 Å². The number of benzene rings is 1. The van der Waals surface area contributed by atoms with E-state index in [1.54, 1.807) is 7.05 Å². The van der Waals surface area contributed by atoms with Gasteiger partial charge in [0, 0.05) is 24.5 Å². The molecule has 3 nitrogen and oxygen atoms in total. The summed E-state index contributed by atoms with van der Waals surface area (Å²) >= 11 is 17.8.